The quantitative estimate of drug-likeness (QED) is 0.590. The Kier molecular flexibility index (Phi) is 6.93. The lowest BCUT2D eigenvalue weighted by Gasteiger charge is -2.28. The Hall–Kier alpha value is -3.09. The summed E-state index contributed by atoms with van der Waals surface area (Å²) in [5.41, 5.74) is 2.18. The van der Waals surface area contributed by atoms with Gasteiger partial charge in [0, 0.05) is 29.0 Å². The van der Waals surface area contributed by atoms with Gasteiger partial charge >= 0.3 is 6.09 Å². The van der Waals surface area contributed by atoms with Crippen LogP contribution < -0.4 is 10.6 Å². The summed E-state index contributed by atoms with van der Waals surface area (Å²) in [4.78, 5) is 25.5. The van der Waals surface area contributed by atoms with Crippen LogP contribution in [0.15, 0.2) is 29.1 Å². The van der Waals surface area contributed by atoms with E-state index in [2.05, 4.69) is 16.7 Å². The van der Waals surface area contributed by atoms with E-state index in [1.165, 1.54) is 29.9 Å². The van der Waals surface area contributed by atoms with E-state index in [0.29, 0.717) is 42.7 Å². The minimum Gasteiger partial charge on any atom is -0.472 e. The maximum atomic E-state index is 12.3. The highest BCUT2D eigenvalue weighted by atomic mass is 32.1. The average molecular weight is 456 g/mol. The third-order valence-corrected chi connectivity index (χ3v) is 7.00. The smallest absolute Gasteiger partial charge is 0.407 e. The summed E-state index contributed by atoms with van der Waals surface area (Å²) in [6.07, 6.45) is 9.74. The van der Waals surface area contributed by atoms with Crippen LogP contribution in [0.3, 0.4) is 0 Å². The molecule has 0 saturated heterocycles. The Morgan fingerprint density at radius 2 is 2.09 bits per heavy atom. The molecule has 8 nitrogen and oxygen atoms in total. The van der Waals surface area contributed by atoms with E-state index in [-0.39, 0.29) is 24.2 Å². The van der Waals surface area contributed by atoms with Crippen LogP contribution in [-0.2, 0) is 22.4 Å². The van der Waals surface area contributed by atoms with E-state index < -0.39 is 6.09 Å². The first kappa shape index (κ1) is 22.1. The summed E-state index contributed by atoms with van der Waals surface area (Å²) in [6, 6.07) is 3.98. The number of carbonyl (C=O) groups excluding carboxylic acids is 2. The Morgan fingerprint density at radius 1 is 1.28 bits per heavy atom. The molecule has 0 aromatic carbocycles. The third kappa shape index (κ3) is 5.39. The molecule has 2 aliphatic rings. The highest BCUT2D eigenvalue weighted by Gasteiger charge is 2.29. The van der Waals surface area contributed by atoms with Gasteiger partial charge in [0.05, 0.1) is 24.2 Å². The number of amides is 2. The zero-order chi connectivity index (χ0) is 22.5. The van der Waals surface area contributed by atoms with Gasteiger partial charge in [-0.15, -0.1) is 11.3 Å². The van der Waals surface area contributed by atoms with Gasteiger partial charge in [0.1, 0.15) is 17.2 Å². The van der Waals surface area contributed by atoms with Gasteiger partial charge in [0.25, 0.3) is 0 Å². The van der Waals surface area contributed by atoms with Crippen molar-refractivity contribution in [2.24, 2.45) is 0 Å². The molecule has 1 fully saturated rings. The van der Waals surface area contributed by atoms with Crippen molar-refractivity contribution in [3.8, 4) is 6.07 Å². The highest BCUT2D eigenvalue weighted by Crippen LogP contribution is 2.38. The maximum Gasteiger partial charge on any atom is 0.407 e. The molecule has 0 spiro atoms. The van der Waals surface area contributed by atoms with Crippen molar-refractivity contribution in [2.75, 3.05) is 5.32 Å². The van der Waals surface area contributed by atoms with E-state index in [1.54, 1.807) is 12.1 Å². The van der Waals surface area contributed by atoms with Crippen LogP contribution in [0, 0.1) is 11.3 Å². The molecule has 0 aliphatic heterocycles. The molecule has 1 unspecified atom stereocenters. The van der Waals surface area contributed by atoms with Gasteiger partial charge in [0.2, 0.25) is 5.91 Å². The molecular weight excluding hydrogens is 430 g/mol. The van der Waals surface area contributed by atoms with Crippen molar-refractivity contribution in [2.45, 2.75) is 63.2 Å². The minimum atomic E-state index is -0.435. The molecule has 2 aromatic heterocycles. The first-order valence-corrected chi connectivity index (χ1v) is 11.5. The molecule has 2 amide bonds. The van der Waals surface area contributed by atoms with E-state index in [1.807, 2.05) is 0 Å². The van der Waals surface area contributed by atoms with Gasteiger partial charge in [-0.3, -0.25) is 4.79 Å². The van der Waals surface area contributed by atoms with Crippen LogP contribution in [0.25, 0.3) is 6.08 Å². The third-order valence-electron chi connectivity index (χ3n) is 5.83. The second-order valence-electron chi connectivity index (χ2n) is 8.12. The molecule has 1 atom stereocenters. The Morgan fingerprint density at radius 3 is 2.81 bits per heavy atom. The Bertz CT molecular complexity index is 1030. The largest absolute Gasteiger partial charge is 0.472 e. The minimum absolute atomic E-state index is 0.0360. The molecule has 0 radical (unpaired) electrons. The first-order valence-electron chi connectivity index (χ1n) is 10.7. The molecular formula is C23H25N3O5S. The molecule has 168 valence electrons. The number of fused-ring (bicyclic) bond motifs is 1. The topological polar surface area (TPSA) is 125 Å². The van der Waals surface area contributed by atoms with Crippen molar-refractivity contribution in [1.29, 1.82) is 5.26 Å². The summed E-state index contributed by atoms with van der Waals surface area (Å²) < 4.78 is 10.6. The number of aliphatic hydroxyl groups is 1. The van der Waals surface area contributed by atoms with E-state index in [0.717, 1.165) is 28.8 Å². The number of aliphatic hydroxyl groups excluding tert-OH is 1. The number of nitrogens with one attached hydrogen (secondary N) is 2. The summed E-state index contributed by atoms with van der Waals surface area (Å²) in [5, 5.41) is 25.4. The normalized spacial score (nSPS) is 22.7. The fourth-order valence-corrected chi connectivity index (χ4v) is 5.40. The fourth-order valence-electron chi connectivity index (χ4n) is 4.13. The van der Waals surface area contributed by atoms with E-state index in [9.17, 15) is 20.0 Å². The Labute approximate surface area is 189 Å². The monoisotopic (exact) mass is 455 g/mol. The van der Waals surface area contributed by atoms with Gasteiger partial charge in [-0.05, 0) is 56.2 Å². The predicted octanol–water partition coefficient (Wildman–Crippen LogP) is 3.75. The summed E-state index contributed by atoms with van der Waals surface area (Å²) in [7, 11) is 0. The number of ether oxygens (including phenoxy) is 1. The van der Waals surface area contributed by atoms with Gasteiger partial charge in [-0.1, -0.05) is 0 Å². The van der Waals surface area contributed by atoms with E-state index in [4.69, 9.17) is 9.15 Å². The number of thiophene rings is 1. The molecule has 9 heteroatoms. The summed E-state index contributed by atoms with van der Waals surface area (Å²) >= 11 is 1.36. The van der Waals surface area contributed by atoms with Crippen molar-refractivity contribution in [3.63, 3.8) is 0 Å². The van der Waals surface area contributed by atoms with E-state index >= 15 is 0 Å². The Balaban J connectivity index is 1.35. The number of hydrogen-bond donors (Lipinski definition) is 3. The number of alkyl carbamates (subject to hydrolysis) is 1. The fraction of sp³-hybridized carbons (Fsp3) is 0.435. The summed E-state index contributed by atoms with van der Waals surface area (Å²) in [5.74, 6) is -0.328. The van der Waals surface area contributed by atoms with Crippen LogP contribution in [0.4, 0.5) is 9.80 Å². The highest BCUT2D eigenvalue weighted by molar-refractivity contribution is 7.16. The number of rotatable bonds is 5. The lowest BCUT2D eigenvalue weighted by Crippen LogP contribution is -2.41. The van der Waals surface area contributed by atoms with Gasteiger partial charge in [-0.25, -0.2) is 4.79 Å². The van der Waals surface area contributed by atoms with Crippen LogP contribution >= 0.6 is 11.3 Å². The molecule has 2 aliphatic carbocycles. The molecule has 1 saturated carbocycles. The zero-order valence-corrected chi connectivity index (χ0v) is 18.3. The van der Waals surface area contributed by atoms with Gasteiger partial charge in [0.15, 0.2) is 0 Å². The standard InChI is InChI=1S/C23H25N3O5S/c24-12-19-18-7-6-17(31-23(29)25-15-2-4-16(27)5-3-15)11-20(18)32-22(19)26-21(28)8-1-14-9-10-30-13-14/h1,8-10,13,15-17,27H,2-7,11H2,(H,25,29)(H,26,28). The number of carbonyl (C=O) groups is 2. The SMILES string of the molecule is N#Cc1c(NC(=O)C=Cc2ccoc2)sc2c1CCC(OC(=O)NC1CCC(O)CC1)C2. The zero-order valence-electron chi connectivity index (χ0n) is 17.5. The first-order chi connectivity index (χ1) is 15.5. The predicted molar refractivity (Wildman–Crippen MR) is 119 cm³/mol. The number of furan rings is 1. The molecule has 32 heavy (non-hydrogen) atoms. The second-order valence-corrected chi connectivity index (χ2v) is 9.22. The van der Waals surface area contributed by atoms with Crippen LogP contribution in [0.2, 0.25) is 0 Å². The molecule has 2 aromatic rings. The van der Waals surface area contributed by atoms with Gasteiger partial charge in [-0.2, -0.15) is 5.26 Å². The van der Waals surface area contributed by atoms with Crippen LogP contribution in [-0.4, -0.2) is 35.4 Å². The summed E-state index contributed by atoms with van der Waals surface area (Å²) in [6.45, 7) is 0. The van der Waals surface area contributed by atoms with Gasteiger partial charge < -0.3 is 24.9 Å². The molecule has 2 heterocycles. The molecule has 0 bridgehead atoms. The maximum absolute atomic E-state index is 12.3. The number of nitriles is 1. The van der Waals surface area contributed by atoms with Crippen LogP contribution in [0.5, 0.6) is 0 Å². The lowest BCUT2D eigenvalue weighted by molar-refractivity contribution is -0.111. The van der Waals surface area contributed by atoms with Crippen LogP contribution in [0.1, 0.15) is 53.7 Å². The van der Waals surface area contributed by atoms with Crippen molar-refractivity contribution < 1.29 is 23.8 Å². The lowest BCUT2D eigenvalue weighted by atomic mass is 9.93. The number of nitrogens with zero attached hydrogens (tertiary/aromatic N) is 1. The average Bonchev–Trinajstić information content (AvgIpc) is 3.40. The second kappa shape index (κ2) is 10.0. The van der Waals surface area contributed by atoms with Crippen molar-refractivity contribution >= 4 is 34.4 Å². The molecule has 4 rings (SSSR count). The van der Waals surface area contributed by atoms with Crippen molar-refractivity contribution in [1.82, 2.24) is 5.32 Å². The molecule has 3 N–H and O–H groups in total. The number of hydrogen-bond acceptors (Lipinski definition) is 7. The number of anilines is 1. The van der Waals surface area contributed by atoms with Crippen molar-refractivity contribution in [3.05, 3.63) is 46.2 Å².